The molecule has 2 rings (SSSR count). The van der Waals surface area contributed by atoms with Gasteiger partial charge in [0.25, 0.3) is 0 Å². The lowest BCUT2D eigenvalue weighted by Crippen LogP contribution is -2.40. The lowest BCUT2D eigenvalue weighted by molar-refractivity contribution is 0.0506. The van der Waals surface area contributed by atoms with Gasteiger partial charge in [0.05, 0.1) is 0 Å². The zero-order valence-electron chi connectivity index (χ0n) is 14.4. The Morgan fingerprint density at radius 2 is 1.75 bits per heavy atom. The molecule has 0 saturated heterocycles. The van der Waals surface area contributed by atoms with Crippen molar-refractivity contribution in [2.75, 3.05) is 13.2 Å². The van der Waals surface area contributed by atoms with Crippen molar-refractivity contribution in [2.24, 2.45) is 0 Å². The van der Waals surface area contributed by atoms with Crippen LogP contribution in [0.4, 0.5) is 0 Å². The molecule has 0 saturated carbocycles. The first-order valence-electron chi connectivity index (χ1n) is 8.43. The lowest BCUT2D eigenvalue weighted by atomic mass is 10.1. The zero-order chi connectivity index (χ0) is 17.4. The van der Waals surface area contributed by atoms with Gasteiger partial charge in [0, 0.05) is 24.2 Å². The molecule has 24 heavy (non-hydrogen) atoms. The van der Waals surface area contributed by atoms with Crippen LogP contribution in [0, 0.1) is 0 Å². The van der Waals surface area contributed by atoms with Gasteiger partial charge < -0.3 is 9.84 Å². The quantitative estimate of drug-likeness (QED) is 0.730. The molecular weight excluding hydrogens is 322 g/mol. The summed E-state index contributed by atoms with van der Waals surface area (Å²) in [6.45, 7) is 6.03. The van der Waals surface area contributed by atoms with Gasteiger partial charge in [0.2, 0.25) is 0 Å². The number of aliphatic hydroxyl groups excluding tert-OH is 1. The summed E-state index contributed by atoms with van der Waals surface area (Å²) in [4.78, 5) is 2.30. The fourth-order valence-corrected chi connectivity index (χ4v) is 2.65. The van der Waals surface area contributed by atoms with Crippen molar-refractivity contribution in [1.29, 1.82) is 0 Å². The first kappa shape index (κ1) is 18.8. The summed E-state index contributed by atoms with van der Waals surface area (Å²) >= 11 is 5.86. The van der Waals surface area contributed by atoms with Crippen LogP contribution in [-0.2, 0) is 6.54 Å². The smallest absolute Gasteiger partial charge is 0.119 e. The molecule has 2 aromatic rings. The Kier molecular flexibility index (Phi) is 7.57. The maximum Gasteiger partial charge on any atom is 0.119 e. The highest BCUT2D eigenvalue weighted by atomic mass is 35.5. The molecule has 2 atom stereocenters. The van der Waals surface area contributed by atoms with Crippen molar-refractivity contribution >= 4 is 11.6 Å². The average Bonchev–Trinajstić information content (AvgIpc) is 2.61. The van der Waals surface area contributed by atoms with Crippen LogP contribution in [0.25, 0.3) is 0 Å². The molecule has 0 aliphatic rings. The van der Waals surface area contributed by atoms with Crippen molar-refractivity contribution < 1.29 is 9.84 Å². The minimum atomic E-state index is -0.543. The second-order valence-corrected chi connectivity index (χ2v) is 6.53. The molecule has 4 heteroatoms. The molecule has 3 nitrogen and oxygen atoms in total. The van der Waals surface area contributed by atoms with Crippen LogP contribution in [0.1, 0.15) is 25.8 Å². The third-order valence-corrected chi connectivity index (χ3v) is 4.40. The van der Waals surface area contributed by atoms with E-state index in [-0.39, 0.29) is 6.61 Å². The van der Waals surface area contributed by atoms with Gasteiger partial charge in [-0.2, -0.15) is 0 Å². The number of ether oxygens (including phenoxy) is 1. The molecule has 1 N–H and O–H groups in total. The van der Waals surface area contributed by atoms with Crippen LogP contribution >= 0.6 is 11.6 Å². The van der Waals surface area contributed by atoms with Gasteiger partial charge in [-0.05, 0) is 43.2 Å². The van der Waals surface area contributed by atoms with Gasteiger partial charge in [-0.15, -0.1) is 0 Å². The molecule has 2 aromatic carbocycles. The largest absolute Gasteiger partial charge is 0.491 e. The first-order valence-corrected chi connectivity index (χ1v) is 8.80. The summed E-state index contributed by atoms with van der Waals surface area (Å²) in [5.74, 6) is 0.719. The number of halogens is 1. The molecule has 0 radical (unpaired) electrons. The van der Waals surface area contributed by atoms with E-state index in [4.69, 9.17) is 16.3 Å². The number of aliphatic hydroxyl groups is 1. The summed E-state index contributed by atoms with van der Waals surface area (Å²) in [7, 11) is 0. The fraction of sp³-hybridized carbons (Fsp3) is 0.400. The predicted molar refractivity (Wildman–Crippen MR) is 99.6 cm³/mol. The van der Waals surface area contributed by atoms with E-state index in [0.717, 1.165) is 18.7 Å². The van der Waals surface area contributed by atoms with E-state index in [9.17, 15) is 5.11 Å². The highest BCUT2D eigenvalue weighted by Crippen LogP contribution is 2.16. The maximum atomic E-state index is 10.4. The highest BCUT2D eigenvalue weighted by molar-refractivity contribution is 6.30. The van der Waals surface area contributed by atoms with Gasteiger partial charge >= 0.3 is 0 Å². The van der Waals surface area contributed by atoms with Gasteiger partial charge in [0.1, 0.15) is 18.5 Å². The van der Waals surface area contributed by atoms with E-state index in [1.165, 1.54) is 5.56 Å². The molecule has 130 valence electrons. The minimum absolute atomic E-state index is 0.267. The Balaban J connectivity index is 1.89. The lowest BCUT2D eigenvalue weighted by Gasteiger charge is -2.30. The molecule has 0 fully saturated rings. The Hall–Kier alpha value is -1.55. The van der Waals surface area contributed by atoms with Gasteiger partial charge in [-0.25, -0.2) is 0 Å². The molecule has 0 aromatic heterocycles. The molecule has 0 spiro atoms. The van der Waals surface area contributed by atoms with Crippen molar-refractivity contribution in [3.8, 4) is 5.75 Å². The van der Waals surface area contributed by atoms with Crippen LogP contribution in [0.2, 0.25) is 5.02 Å². The number of hydrogen-bond donors (Lipinski definition) is 1. The van der Waals surface area contributed by atoms with Crippen molar-refractivity contribution in [3.05, 3.63) is 65.2 Å². The van der Waals surface area contributed by atoms with E-state index < -0.39 is 6.10 Å². The Morgan fingerprint density at radius 3 is 2.38 bits per heavy atom. The minimum Gasteiger partial charge on any atom is -0.491 e. The zero-order valence-corrected chi connectivity index (χ0v) is 15.1. The topological polar surface area (TPSA) is 32.7 Å². The number of rotatable bonds is 9. The standard InChI is InChI=1S/C20H26ClNO2/c1-3-16(2)22(13-17-7-5-4-6-8-17)14-19(23)15-24-20-11-9-18(21)10-12-20/h4-12,16,19,23H,3,13-15H2,1-2H3/t16-,19-/m1/s1. The normalized spacial score (nSPS) is 13.7. The SMILES string of the molecule is CC[C@@H](C)N(Cc1ccccc1)C[C@@H](O)COc1ccc(Cl)cc1. The summed E-state index contributed by atoms with van der Waals surface area (Å²) in [5, 5.41) is 11.0. The van der Waals surface area contributed by atoms with E-state index in [2.05, 4.69) is 30.9 Å². The molecule has 0 aliphatic heterocycles. The van der Waals surface area contributed by atoms with Crippen LogP contribution in [0.3, 0.4) is 0 Å². The number of benzene rings is 2. The fourth-order valence-electron chi connectivity index (χ4n) is 2.52. The predicted octanol–water partition coefficient (Wildman–Crippen LogP) is 4.38. The van der Waals surface area contributed by atoms with Crippen LogP contribution in [-0.4, -0.2) is 35.3 Å². The second kappa shape index (κ2) is 9.67. The first-order chi connectivity index (χ1) is 11.6. The maximum absolute atomic E-state index is 10.4. The summed E-state index contributed by atoms with van der Waals surface area (Å²) in [6, 6.07) is 17.9. The average molecular weight is 348 g/mol. The monoisotopic (exact) mass is 347 g/mol. The second-order valence-electron chi connectivity index (χ2n) is 6.09. The third-order valence-electron chi connectivity index (χ3n) is 4.14. The molecule has 0 amide bonds. The van der Waals surface area contributed by atoms with E-state index >= 15 is 0 Å². The Bertz CT molecular complexity index is 588. The van der Waals surface area contributed by atoms with E-state index in [1.54, 1.807) is 12.1 Å². The van der Waals surface area contributed by atoms with E-state index in [1.807, 2.05) is 30.3 Å². The Morgan fingerprint density at radius 1 is 1.08 bits per heavy atom. The molecule has 0 unspecified atom stereocenters. The third kappa shape index (κ3) is 6.16. The van der Waals surface area contributed by atoms with Crippen molar-refractivity contribution in [1.82, 2.24) is 4.90 Å². The van der Waals surface area contributed by atoms with Gasteiger partial charge in [0.15, 0.2) is 0 Å². The van der Waals surface area contributed by atoms with Crippen LogP contribution in [0.15, 0.2) is 54.6 Å². The number of nitrogens with zero attached hydrogens (tertiary/aromatic N) is 1. The molecular formula is C20H26ClNO2. The van der Waals surface area contributed by atoms with Gasteiger partial charge in [-0.1, -0.05) is 48.9 Å². The number of hydrogen-bond acceptors (Lipinski definition) is 3. The van der Waals surface area contributed by atoms with Gasteiger partial charge in [-0.3, -0.25) is 4.90 Å². The summed E-state index contributed by atoms with van der Waals surface area (Å²) in [6.07, 6.45) is 0.496. The van der Waals surface area contributed by atoms with Crippen LogP contribution in [0.5, 0.6) is 5.75 Å². The van der Waals surface area contributed by atoms with Crippen molar-refractivity contribution in [2.45, 2.75) is 39.0 Å². The highest BCUT2D eigenvalue weighted by Gasteiger charge is 2.17. The molecule has 0 bridgehead atoms. The molecule has 0 heterocycles. The molecule has 0 aliphatic carbocycles. The van der Waals surface area contributed by atoms with Crippen LogP contribution < -0.4 is 4.74 Å². The Labute approximate surface area is 149 Å². The van der Waals surface area contributed by atoms with Crippen molar-refractivity contribution in [3.63, 3.8) is 0 Å². The summed E-state index contributed by atoms with van der Waals surface area (Å²) in [5.41, 5.74) is 1.25. The summed E-state index contributed by atoms with van der Waals surface area (Å²) < 4.78 is 5.65. The van der Waals surface area contributed by atoms with E-state index in [0.29, 0.717) is 17.6 Å².